The maximum absolute atomic E-state index is 11.3. The second kappa shape index (κ2) is 4.72. The Morgan fingerprint density at radius 2 is 2.20 bits per heavy atom. The molecule has 0 radical (unpaired) electrons. The largest absolute Gasteiger partial charge is 0.355 e. The summed E-state index contributed by atoms with van der Waals surface area (Å²) in [4.78, 5) is 22.0. The van der Waals surface area contributed by atoms with Crippen molar-refractivity contribution in [2.75, 3.05) is 6.54 Å². The minimum atomic E-state index is -0.0967. The minimum Gasteiger partial charge on any atom is -0.355 e. The lowest BCUT2D eigenvalue weighted by molar-refractivity contribution is -0.121. The molecule has 15 heavy (non-hydrogen) atoms. The van der Waals surface area contributed by atoms with Crippen LogP contribution >= 0.6 is 0 Å². The van der Waals surface area contributed by atoms with Crippen LogP contribution in [0, 0.1) is 13.8 Å². The number of hydrogen-bond acceptors (Lipinski definition) is 3. The zero-order valence-electron chi connectivity index (χ0n) is 9.20. The van der Waals surface area contributed by atoms with Crippen molar-refractivity contribution in [1.82, 2.24) is 15.1 Å². The van der Waals surface area contributed by atoms with Crippen LogP contribution in [0.25, 0.3) is 0 Å². The smallest absolute Gasteiger partial charge is 0.241 e. The second-order valence-electron chi connectivity index (χ2n) is 3.31. The molecule has 0 saturated heterocycles. The van der Waals surface area contributed by atoms with E-state index in [-0.39, 0.29) is 12.5 Å². The Bertz CT molecular complexity index is 382. The summed E-state index contributed by atoms with van der Waals surface area (Å²) in [5.41, 5.74) is 1.96. The topological polar surface area (TPSA) is 64.0 Å². The molecule has 1 rings (SSSR count). The van der Waals surface area contributed by atoms with Crippen molar-refractivity contribution in [3.8, 4) is 0 Å². The first-order valence-electron chi connectivity index (χ1n) is 4.86. The molecule has 1 N–H and O–H groups in total. The molecule has 0 aromatic carbocycles. The summed E-state index contributed by atoms with van der Waals surface area (Å²) in [6.07, 6.45) is 0.770. The molecule has 82 valence electrons. The maximum Gasteiger partial charge on any atom is 0.241 e. The monoisotopic (exact) mass is 209 g/mol. The molecule has 0 saturated carbocycles. The van der Waals surface area contributed by atoms with Gasteiger partial charge in [-0.1, -0.05) is 0 Å². The highest BCUT2D eigenvalue weighted by Gasteiger charge is 2.12. The van der Waals surface area contributed by atoms with Gasteiger partial charge < -0.3 is 5.32 Å². The zero-order chi connectivity index (χ0) is 11.4. The number of carbonyl (C=O) groups excluding carboxylic acids is 2. The average Bonchev–Trinajstić information content (AvgIpc) is 2.42. The van der Waals surface area contributed by atoms with E-state index in [9.17, 15) is 9.59 Å². The van der Waals surface area contributed by atoms with Gasteiger partial charge in [0.1, 0.15) is 6.54 Å². The van der Waals surface area contributed by atoms with Crippen LogP contribution in [0.5, 0.6) is 0 Å². The van der Waals surface area contributed by atoms with Gasteiger partial charge in [-0.15, -0.1) is 0 Å². The summed E-state index contributed by atoms with van der Waals surface area (Å²) < 4.78 is 1.55. The maximum atomic E-state index is 11.3. The average molecular weight is 209 g/mol. The van der Waals surface area contributed by atoms with Gasteiger partial charge in [-0.3, -0.25) is 14.3 Å². The molecular formula is C10H15N3O2. The van der Waals surface area contributed by atoms with Crippen LogP contribution in [-0.2, 0) is 11.3 Å². The third kappa shape index (κ3) is 2.43. The van der Waals surface area contributed by atoms with Crippen molar-refractivity contribution in [1.29, 1.82) is 0 Å². The summed E-state index contributed by atoms with van der Waals surface area (Å²) in [5, 5.41) is 6.81. The van der Waals surface area contributed by atoms with E-state index in [1.165, 1.54) is 0 Å². The second-order valence-corrected chi connectivity index (χ2v) is 3.31. The first kappa shape index (κ1) is 11.4. The lowest BCUT2D eigenvalue weighted by Gasteiger charge is -2.04. The van der Waals surface area contributed by atoms with Crippen molar-refractivity contribution in [3.05, 3.63) is 17.0 Å². The number of aldehydes is 1. The van der Waals surface area contributed by atoms with E-state index in [0.29, 0.717) is 17.8 Å². The fourth-order valence-electron chi connectivity index (χ4n) is 1.42. The molecule has 0 aliphatic carbocycles. The Hall–Kier alpha value is -1.65. The number of amides is 1. The third-order valence-electron chi connectivity index (χ3n) is 2.22. The van der Waals surface area contributed by atoms with Crippen molar-refractivity contribution in [2.45, 2.75) is 27.3 Å². The number of likely N-dealkylation sites (N-methyl/N-ethyl adjacent to an activating group) is 1. The molecular weight excluding hydrogens is 194 g/mol. The van der Waals surface area contributed by atoms with Gasteiger partial charge in [-0.2, -0.15) is 5.10 Å². The molecule has 5 nitrogen and oxygen atoms in total. The highest BCUT2D eigenvalue weighted by Crippen LogP contribution is 2.09. The van der Waals surface area contributed by atoms with Crippen LogP contribution in [0.1, 0.15) is 28.7 Å². The third-order valence-corrected chi connectivity index (χ3v) is 2.22. The molecule has 5 heteroatoms. The highest BCUT2D eigenvalue weighted by molar-refractivity contribution is 5.79. The number of aryl methyl sites for hydroxylation is 1. The van der Waals surface area contributed by atoms with Crippen LogP contribution in [0.3, 0.4) is 0 Å². The summed E-state index contributed by atoms with van der Waals surface area (Å²) in [7, 11) is 0. The minimum absolute atomic E-state index is 0.0967. The number of rotatable bonds is 4. The quantitative estimate of drug-likeness (QED) is 0.732. The molecule has 0 aliphatic heterocycles. The number of hydrogen-bond donors (Lipinski definition) is 1. The standard InChI is InChI=1S/C10H15N3O2/c1-4-11-10(15)5-13-8(3)9(6-14)7(2)12-13/h6H,4-5H2,1-3H3,(H,11,15). The van der Waals surface area contributed by atoms with Gasteiger partial charge in [0.2, 0.25) is 5.91 Å². The Labute approximate surface area is 88.5 Å². The number of nitrogens with one attached hydrogen (secondary N) is 1. The van der Waals surface area contributed by atoms with Crippen LogP contribution < -0.4 is 5.32 Å². The van der Waals surface area contributed by atoms with E-state index in [4.69, 9.17) is 0 Å². The zero-order valence-corrected chi connectivity index (χ0v) is 9.20. The van der Waals surface area contributed by atoms with Gasteiger partial charge in [0.25, 0.3) is 0 Å². The number of aromatic nitrogens is 2. The van der Waals surface area contributed by atoms with Crippen LogP contribution in [0.4, 0.5) is 0 Å². The molecule has 1 amide bonds. The molecule has 0 unspecified atom stereocenters. The molecule has 1 aromatic heterocycles. The normalized spacial score (nSPS) is 10.1. The molecule has 1 aromatic rings. The van der Waals surface area contributed by atoms with Crippen molar-refractivity contribution >= 4 is 12.2 Å². The molecule has 1 heterocycles. The van der Waals surface area contributed by atoms with Gasteiger partial charge in [-0.05, 0) is 20.8 Å². The first-order valence-corrected chi connectivity index (χ1v) is 4.86. The Morgan fingerprint density at radius 3 is 2.67 bits per heavy atom. The van der Waals surface area contributed by atoms with Gasteiger partial charge in [0, 0.05) is 12.2 Å². The van der Waals surface area contributed by atoms with Gasteiger partial charge in [0.05, 0.1) is 11.3 Å². The number of nitrogens with zero attached hydrogens (tertiary/aromatic N) is 2. The molecule has 0 atom stereocenters. The van der Waals surface area contributed by atoms with E-state index < -0.39 is 0 Å². The van der Waals surface area contributed by atoms with E-state index in [0.717, 1.165) is 12.0 Å². The molecule has 0 spiro atoms. The molecule has 0 bridgehead atoms. The Kier molecular flexibility index (Phi) is 3.60. The Balaban J connectivity index is 2.87. The summed E-state index contributed by atoms with van der Waals surface area (Å²) in [6, 6.07) is 0. The lowest BCUT2D eigenvalue weighted by Crippen LogP contribution is -2.28. The van der Waals surface area contributed by atoms with Crippen molar-refractivity contribution in [2.24, 2.45) is 0 Å². The SMILES string of the molecule is CCNC(=O)Cn1nc(C)c(C=O)c1C. The van der Waals surface area contributed by atoms with E-state index in [2.05, 4.69) is 10.4 Å². The van der Waals surface area contributed by atoms with Crippen LogP contribution in [-0.4, -0.2) is 28.5 Å². The van der Waals surface area contributed by atoms with Gasteiger partial charge >= 0.3 is 0 Å². The Morgan fingerprint density at radius 1 is 1.53 bits per heavy atom. The summed E-state index contributed by atoms with van der Waals surface area (Å²) in [6.45, 7) is 6.15. The molecule has 0 aliphatic rings. The fourth-order valence-corrected chi connectivity index (χ4v) is 1.42. The van der Waals surface area contributed by atoms with Crippen LogP contribution in [0.15, 0.2) is 0 Å². The van der Waals surface area contributed by atoms with E-state index >= 15 is 0 Å². The predicted octanol–water partition coefficient (Wildman–Crippen LogP) is 0.449. The highest BCUT2D eigenvalue weighted by atomic mass is 16.2. The lowest BCUT2D eigenvalue weighted by atomic mass is 10.2. The predicted molar refractivity (Wildman–Crippen MR) is 55.8 cm³/mol. The van der Waals surface area contributed by atoms with Crippen molar-refractivity contribution < 1.29 is 9.59 Å². The summed E-state index contributed by atoms with van der Waals surface area (Å²) >= 11 is 0. The van der Waals surface area contributed by atoms with Crippen LogP contribution in [0.2, 0.25) is 0 Å². The summed E-state index contributed by atoms with van der Waals surface area (Å²) in [5.74, 6) is -0.0967. The first-order chi connectivity index (χ1) is 7.10. The molecule has 0 fully saturated rings. The van der Waals surface area contributed by atoms with Gasteiger partial charge in [-0.25, -0.2) is 0 Å². The van der Waals surface area contributed by atoms with E-state index in [1.807, 2.05) is 6.92 Å². The fraction of sp³-hybridized carbons (Fsp3) is 0.500. The van der Waals surface area contributed by atoms with E-state index in [1.54, 1.807) is 18.5 Å². The van der Waals surface area contributed by atoms with Crippen molar-refractivity contribution in [3.63, 3.8) is 0 Å². The van der Waals surface area contributed by atoms with Gasteiger partial charge in [0.15, 0.2) is 6.29 Å². The number of carbonyl (C=O) groups is 2.